The number of urea groups is 1. The molecule has 2 N–H and O–H groups in total. The number of hydrogen-bond acceptors (Lipinski definition) is 4. The van der Waals surface area contributed by atoms with Crippen LogP contribution in [0.5, 0.6) is 5.75 Å². The molecule has 25 heavy (non-hydrogen) atoms. The number of hydrogen-bond donors (Lipinski definition) is 2. The number of carbonyl (C=O) groups excluding carboxylic acids is 1. The van der Waals surface area contributed by atoms with E-state index < -0.39 is 0 Å². The molecule has 2 heterocycles. The summed E-state index contributed by atoms with van der Waals surface area (Å²) in [6.45, 7) is 2.96. The lowest BCUT2D eigenvalue weighted by molar-refractivity contribution is 0.251. The molecular weight excluding hydrogens is 334 g/mol. The molecule has 0 spiro atoms. The van der Waals surface area contributed by atoms with E-state index in [2.05, 4.69) is 15.6 Å². The van der Waals surface area contributed by atoms with Crippen molar-refractivity contribution in [3.05, 3.63) is 65.7 Å². The van der Waals surface area contributed by atoms with E-state index in [9.17, 15) is 4.79 Å². The normalized spacial score (nSPS) is 10.3. The minimum Gasteiger partial charge on any atom is -0.494 e. The quantitative estimate of drug-likeness (QED) is 0.684. The Bertz CT molecular complexity index is 817. The fourth-order valence-electron chi connectivity index (χ4n) is 2.37. The maximum atomic E-state index is 12.1. The molecule has 0 aliphatic heterocycles. The van der Waals surface area contributed by atoms with Crippen LogP contribution in [0.1, 0.15) is 12.5 Å². The molecule has 0 fully saturated rings. The number of benzene rings is 1. The number of nitrogens with zero attached hydrogens (tertiary/aromatic N) is 1. The Labute approximate surface area is 150 Å². The molecule has 0 saturated heterocycles. The van der Waals surface area contributed by atoms with E-state index in [0.29, 0.717) is 18.8 Å². The van der Waals surface area contributed by atoms with Gasteiger partial charge in [-0.05, 0) is 54.3 Å². The van der Waals surface area contributed by atoms with E-state index in [0.717, 1.165) is 21.9 Å². The smallest absolute Gasteiger partial charge is 0.319 e. The molecule has 0 unspecified atom stereocenters. The van der Waals surface area contributed by atoms with Crippen molar-refractivity contribution in [3.63, 3.8) is 0 Å². The Kier molecular flexibility index (Phi) is 5.64. The zero-order valence-corrected chi connectivity index (χ0v) is 14.7. The zero-order valence-electron chi connectivity index (χ0n) is 13.9. The van der Waals surface area contributed by atoms with Gasteiger partial charge in [0.1, 0.15) is 5.75 Å². The molecule has 128 valence electrons. The highest BCUT2D eigenvalue weighted by Gasteiger charge is 2.09. The van der Waals surface area contributed by atoms with Gasteiger partial charge in [-0.15, -0.1) is 11.3 Å². The monoisotopic (exact) mass is 353 g/mol. The van der Waals surface area contributed by atoms with E-state index in [1.54, 1.807) is 17.5 Å². The second-order valence-corrected chi connectivity index (χ2v) is 6.20. The van der Waals surface area contributed by atoms with Crippen molar-refractivity contribution >= 4 is 23.1 Å². The standard InChI is InChI=1S/C19H19N3O2S/c1-2-24-16-9-7-15(8-10-16)22-19(23)21-13-14-5-3-11-20-18(14)17-6-4-12-25-17/h3-12H,2,13H2,1H3,(H2,21,22,23). The molecule has 2 aromatic heterocycles. The van der Waals surface area contributed by atoms with Crippen molar-refractivity contribution in [2.24, 2.45) is 0 Å². The highest BCUT2D eigenvalue weighted by molar-refractivity contribution is 7.13. The summed E-state index contributed by atoms with van der Waals surface area (Å²) < 4.78 is 5.39. The lowest BCUT2D eigenvalue weighted by atomic mass is 10.1. The first-order valence-electron chi connectivity index (χ1n) is 8.01. The SMILES string of the molecule is CCOc1ccc(NC(=O)NCc2cccnc2-c2cccs2)cc1. The summed E-state index contributed by atoms with van der Waals surface area (Å²) in [7, 11) is 0. The van der Waals surface area contributed by atoms with Crippen LogP contribution in [0.2, 0.25) is 0 Å². The number of nitrogens with one attached hydrogen (secondary N) is 2. The van der Waals surface area contributed by atoms with Gasteiger partial charge in [0.15, 0.2) is 0 Å². The fourth-order valence-corrected chi connectivity index (χ4v) is 3.12. The van der Waals surface area contributed by atoms with Crippen LogP contribution in [-0.2, 0) is 6.54 Å². The van der Waals surface area contributed by atoms with Gasteiger partial charge in [-0.1, -0.05) is 12.1 Å². The third-order valence-corrected chi connectivity index (χ3v) is 4.39. The van der Waals surface area contributed by atoms with Gasteiger partial charge in [0, 0.05) is 18.4 Å². The number of aromatic nitrogens is 1. The Hall–Kier alpha value is -2.86. The van der Waals surface area contributed by atoms with Gasteiger partial charge in [-0.2, -0.15) is 0 Å². The molecule has 0 bridgehead atoms. The minimum atomic E-state index is -0.259. The van der Waals surface area contributed by atoms with E-state index in [4.69, 9.17) is 4.74 Å². The van der Waals surface area contributed by atoms with Crippen LogP contribution in [0, 0.1) is 0 Å². The van der Waals surface area contributed by atoms with E-state index in [-0.39, 0.29) is 6.03 Å². The van der Waals surface area contributed by atoms with Crippen molar-refractivity contribution in [2.75, 3.05) is 11.9 Å². The third-order valence-electron chi connectivity index (χ3n) is 3.51. The molecule has 0 saturated carbocycles. The second kappa shape index (κ2) is 8.30. The average Bonchev–Trinajstić information content (AvgIpc) is 3.17. The van der Waals surface area contributed by atoms with Gasteiger partial charge in [-0.25, -0.2) is 4.79 Å². The van der Waals surface area contributed by atoms with Gasteiger partial charge in [-0.3, -0.25) is 4.98 Å². The summed E-state index contributed by atoms with van der Waals surface area (Å²) in [5.74, 6) is 0.782. The molecule has 2 amide bonds. The summed E-state index contributed by atoms with van der Waals surface area (Å²) in [6.07, 6.45) is 1.76. The van der Waals surface area contributed by atoms with Crippen molar-refractivity contribution in [1.29, 1.82) is 0 Å². The lowest BCUT2D eigenvalue weighted by Crippen LogP contribution is -2.28. The fraction of sp³-hybridized carbons (Fsp3) is 0.158. The molecule has 5 nitrogen and oxygen atoms in total. The number of pyridine rings is 1. The van der Waals surface area contributed by atoms with Gasteiger partial charge in [0.05, 0.1) is 17.2 Å². The van der Waals surface area contributed by atoms with Crippen LogP contribution in [0.15, 0.2) is 60.1 Å². The first-order chi connectivity index (χ1) is 12.3. The number of amides is 2. The van der Waals surface area contributed by atoms with Crippen LogP contribution >= 0.6 is 11.3 Å². The maximum Gasteiger partial charge on any atom is 0.319 e. The van der Waals surface area contributed by atoms with E-state index in [1.807, 2.05) is 60.8 Å². The molecule has 0 atom stereocenters. The van der Waals surface area contributed by atoms with Crippen LogP contribution in [0.25, 0.3) is 10.6 Å². The van der Waals surface area contributed by atoms with Gasteiger partial charge < -0.3 is 15.4 Å². The Morgan fingerprint density at radius 1 is 1.16 bits per heavy atom. The van der Waals surface area contributed by atoms with Crippen LogP contribution < -0.4 is 15.4 Å². The second-order valence-electron chi connectivity index (χ2n) is 5.25. The maximum absolute atomic E-state index is 12.1. The number of rotatable bonds is 6. The van der Waals surface area contributed by atoms with Crippen LogP contribution in [0.3, 0.4) is 0 Å². The van der Waals surface area contributed by atoms with Gasteiger partial charge >= 0.3 is 6.03 Å². The van der Waals surface area contributed by atoms with E-state index >= 15 is 0 Å². The minimum absolute atomic E-state index is 0.259. The molecule has 0 aliphatic carbocycles. The van der Waals surface area contributed by atoms with Gasteiger partial charge in [0.2, 0.25) is 0 Å². The molecule has 0 radical (unpaired) electrons. The average molecular weight is 353 g/mol. The van der Waals surface area contributed by atoms with Crippen molar-refractivity contribution < 1.29 is 9.53 Å². The molecular formula is C19H19N3O2S. The van der Waals surface area contributed by atoms with Crippen molar-refractivity contribution in [1.82, 2.24) is 10.3 Å². The molecule has 1 aromatic carbocycles. The number of thiophene rings is 1. The number of ether oxygens (including phenoxy) is 1. The molecule has 0 aliphatic rings. The Balaban J connectivity index is 1.59. The van der Waals surface area contributed by atoms with E-state index in [1.165, 1.54) is 0 Å². The topological polar surface area (TPSA) is 63.2 Å². The zero-order chi connectivity index (χ0) is 17.5. The Morgan fingerprint density at radius 2 is 2.00 bits per heavy atom. The Morgan fingerprint density at radius 3 is 2.72 bits per heavy atom. The summed E-state index contributed by atoms with van der Waals surface area (Å²) >= 11 is 1.63. The largest absolute Gasteiger partial charge is 0.494 e. The van der Waals surface area contributed by atoms with Crippen LogP contribution in [0.4, 0.5) is 10.5 Å². The summed E-state index contributed by atoms with van der Waals surface area (Å²) in [5, 5.41) is 7.70. The first-order valence-corrected chi connectivity index (χ1v) is 8.89. The van der Waals surface area contributed by atoms with Crippen molar-refractivity contribution in [3.8, 4) is 16.3 Å². The van der Waals surface area contributed by atoms with Crippen molar-refractivity contribution in [2.45, 2.75) is 13.5 Å². The summed E-state index contributed by atoms with van der Waals surface area (Å²) in [4.78, 5) is 17.6. The summed E-state index contributed by atoms with van der Waals surface area (Å²) in [5.41, 5.74) is 2.59. The summed E-state index contributed by atoms with van der Waals surface area (Å²) in [6, 6.07) is 14.9. The number of anilines is 1. The highest BCUT2D eigenvalue weighted by atomic mass is 32.1. The third kappa shape index (κ3) is 4.58. The highest BCUT2D eigenvalue weighted by Crippen LogP contribution is 2.25. The molecule has 3 aromatic rings. The first kappa shape index (κ1) is 17.0. The molecule has 3 rings (SSSR count). The predicted octanol–water partition coefficient (Wildman–Crippen LogP) is 4.53. The van der Waals surface area contributed by atoms with Gasteiger partial charge in [0.25, 0.3) is 0 Å². The van der Waals surface area contributed by atoms with Crippen LogP contribution in [-0.4, -0.2) is 17.6 Å². The predicted molar refractivity (Wildman–Crippen MR) is 101 cm³/mol. The molecule has 6 heteroatoms. The number of carbonyl (C=O) groups is 1. The lowest BCUT2D eigenvalue weighted by Gasteiger charge is -2.10.